The number of hydrogen-bond acceptors (Lipinski definition) is 3. The standard InChI is InChI=1S/C20H22F3N3O2S/c1-3-12(2)8-13-9-15(20(21,22)23)11-16(10-13)25-19(28)26(29)17-6-4-14(5-7-17)18(24)27/h4-7,9-12,29H,3,8H2,1-2H3,(H2,24,27)(H,25,28). The third-order valence-corrected chi connectivity index (χ3v) is 4.85. The number of carbonyl (C=O) groups is 2. The Morgan fingerprint density at radius 3 is 2.31 bits per heavy atom. The summed E-state index contributed by atoms with van der Waals surface area (Å²) in [5.41, 5.74) is 5.42. The van der Waals surface area contributed by atoms with E-state index in [1.165, 1.54) is 30.3 Å². The number of rotatable bonds is 6. The number of urea groups is 1. The highest BCUT2D eigenvalue weighted by molar-refractivity contribution is 7.82. The number of benzene rings is 2. The van der Waals surface area contributed by atoms with Crippen LogP contribution in [0, 0.1) is 5.92 Å². The number of nitrogens with zero attached hydrogens (tertiary/aromatic N) is 1. The van der Waals surface area contributed by atoms with Crippen LogP contribution in [0.3, 0.4) is 0 Å². The van der Waals surface area contributed by atoms with Gasteiger partial charge in [0.25, 0.3) is 0 Å². The molecule has 2 rings (SSSR count). The molecule has 0 aliphatic heterocycles. The van der Waals surface area contributed by atoms with Crippen LogP contribution in [0.5, 0.6) is 0 Å². The summed E-state index contributed by atoms with van der Waals surface area (Å²) in [5.74, 6) is -0.420. The fraction of sp³-hybridized carbons (Fsp3) is 0.300. The monoisotopic (exact) mass is 425 g/mol. The number of halogens is 3. The van der Waals surface area contributed by atoms with E-state index in [-0.39, 0.29) is 17.2 Å². The predicted octanol–water partition coefficient (Wildman–Crippen LogP) is 5.28. The third-order valence-electron chi connectivity index (χ3n) is 4.44. The lowest BCUT2D eigenvalue weighted by molar-refractivity contribution is -0.137. The fourth-order valence-electron chi connectivity index (χ4n) is 2.65. The Hall–Kier alpha value is -2.68. The van der Waals surface area contributed by atoms with Crippen LogP contribution in [0.1, 0.15) is 41.8 Å². The molecule has 3 amide bonds. The maximum absolute atomic E-state index is 13.3. The van der Waals surface area contributed by atoms with Crippen LogP contribution in [0.4, 0.5) is 29.3 Å². The zero-order chi connectivity index (χ0) is 21.8. The van der Waals surface area contributed by atoms with Crippen molar-refractivity contribution >= 4 is 36.1 Å². The fourth-order valence-corrected chi connectivity index (χ4v) is 2.84. The molecule has 0 saturated heterocycles. The number of carbonyl (C=O) groups excluding carboxylic acids is 2. The first-order valence-corrected chi connectivity index (χ1v) is 9.32. The van der Waals surface area contributed by atoms with Crippen LogP contribution >= 0.6 is 12.8 Å². The number of hydrogen-bond donors (Lipinski definition) is 3. The van der Waals surface area contributed by atoms with Gasteiger partial charge in [-0.3, -0.25) is 4.79 Å². The summed E-state index contributed by atoms with van der Waals surface area (Å²) in [6, 6.07) is 8.51. The first kappa shape index (κ1) is 22.6. The van der Waals surface area contributed by atoms with Crippen molar-refractivity contribution in [1.29, 1.82) is 0 Å². The number of primary amides is 1. The number of alkyl halides is 3. The van der Waals surface area contributed by atoms with E-state index in [0.29, 0.717) is 17.7 Å². The number of nitrogens with two attached hydrogens (primary N) is 1. The van der Waals surface area contributed by atoms with Gasteiger partial charge in [0.15, 0.2) is 0 Å². The topological polar surface area (TPSA) is 75.4 Å². The van der Waals surface area contributed by atoms with E-state index in [1.807, 2.05) is 13.8 Å². The van der Waals surface area contributed by atoms with Crippen molar-refractivity contribution in [3.63, 3.8) is 0 Å². The molecule has 29 heavy (non-hydrogen) atoms. The van der Waals surface area contributed by atoms with Gasteiger partial charge >= 0.3 is 12.2 Å². The maximum atomic E-state index is 13.3. The molecule has 156 valence electrons. The molecule has 5 nitrogen and oxygen atoms in total. The zero-order valence-corrected chi connectivity index (χ0v) is 16.8. The lowest BCUT2D eigenvalue weighted by Crippen LogP contribution is -2.27. The van der Waals surface area contributed by atoms with Crippen molar-refractivity contribution in [2.45, 2.75) is 32.9 Å². The first-order chi connectivity index (χ1) is 13.5. The van der Waals surface area contributed by atoms with Gasteiger partial charge in [-0.25, -0.2) is 9.10 Å². The quantitative estimate of drug-likeness (QED) is 0.551. The van der Waals surface area contributed by atoms with Gasteiger partial charge in [-0.05, 0) is 60.4 Å². The highest BCUT2D eigenvalue weighted by Crippen LogP contribution is 2.33. The Labute approximate surface area is 172 Å². The third kappa shape index (κ3) is 6.15. The second kappa shape index (κ2) is 9.21. The molecule has 9 heteroatoms. The van der Waals surface area contributed by atoms with Crippen LogP contribution in [-0.2, 0) is 12.6 Å². The van der Waals surface area contributed by atoms with E-state index in [9.17, 15) is 22.8 Å². The van der Waals surface area contributed by atoms with Gasteiger partial charge in [-0.2, -0.15) is 13.2 Å². The van der Waals surface area contributed by atoms with Gasteiger partial charge in [0.1, 0.15) is 0 Å². The summed E-state index contributed by atoms with van der Waals surface area (Å²) in [6.07, 6.45) is -3.25. The van der Waals surface area contributed by atoms with Crippen molar-refractivity contribution in [2.24, 2.45) is 11.7 Å². The van der Waals surface area contributed by atoms with Gasteiger partial charge in [-0.15, -0.1) is 0 Å². The van der Waals surface area contributed by atoms with Gasteiger partial charge in [-0.1, -0.05) is 33.1 Å². The normalized spacial score (nSPS) is 12.3. The van der Waals surface area contributed by atoms with Crippen molar-refractivity contribution in [2.75, 3.05) is 9.62 Å². The molecule has 0 fully saturated rings. The minimum atomic E-state index is -4.53. The largest absolute Gasteiger partial charge is 0.416 e. The van der Waals surface area contributed by atoms with Crippen molar-refractivity contribution < 1.29 is 22.8 Å². The summed E-state index contributed by atoms with van der Waals surface area (Å²) < 4.78 is 40.7. The van der Waals surface area contributed by atoms with Crippen molar-refractivity contribution in [3.05, 3.63) is 59.2 Å². The van der Waals surface area contributed by atoms with E-state index >= 15 is 0 Å². The second-order valence-corrected chi connectivity index (χ2v) is 7.19. The van der Waals surface area contributed by atoms with Crippen LogP contribution < -0.4 is 15.4 Å². The highest BCUT2D eigenvalue weighted by atomic mass is 32.1. The molecule has 1 atom stereocenters. The van der Waals surface area contributed by atoms with Crippen LogP contribution in [0.15, 0.2) is 42.5 Å². The van der Waals surface area contributed by atoms with E-state index in [0.717, 1.165) is 22.9 Å². The molecule has 0 aliphatic carbocycles. The molecule has 0 aromatic heterocycles. The van der Waals surface area contributed by atoms with Gasteiger partial charge in [0.05, 0.1) is 11.3 Å². The molecular weight excluding hydrogens is 403 g/mol. The highest BCUT2D eigenvalue weighted by Gasteiger charge is 2.31. The van der Waals surface area contributed by atoms with Crippen molar-refractivity contribution in [1.82, 2.24) is 0 Å². The maximum Gasteiger partial charge on any atom is 0.416 e. The molecule has 0 saturated carbocycles. The summed E-state index contributed by atoms with van der Waals surface area (Å²) in [4.78, 5) is 23.6. The van der Waals surface area contributed by atoms with Crippen LogP contribution in [-0.4, -0.2) is 11.9 Å². The lowest BCUT2D eigenvalue weighted by atomic mass is 9.97. The van der Waals surface area contributed by atoms with E-state index in [4.69, 9.17) is 5.73 Å². The Morgan fingerprint density at radius 2 is 1.79 bits per heavy atom. The Balaban J connectivity index is 2.25. The molecule has 0 aliphatic rings. The van der Waals surface area contributed by atoms with Gasteiger partial charge < -0.3 is 11.1 Å². The summed E-state index contributed by atoms with van der Waals surface area (Å²) in [7, 11) is 0. The van der Waals surface area contributed by atoms with Crippen LogP contribution in [0.2, 0.25) is 0 Å². The number of thiol groups is 1. The van der Waals surface area contributed by atoms with Gasteiger partial charge in [0, 0.05) is 11.3 Å². The molecule has 0 spiro atoms. The summed E-state index contributed by atoms with van der Waals surface area (Å²) in [5, 5.41) is 2.44. The average Bonchev–Trinajstić information content (AvgIpc) is 2.66. The molecule has 0 radical (unpaired) electrons. The minimum Gasteiger partial charge on any atom is -0.366 e. The molecular formula is C20H22F3N3O2S. The summed E-state index contributed by atoms with van der Waals surface area (Å²) in [6.45, 7) is 3.91. The van der Waals surface area contributed by atoms with Crippen molar-refractivity contribution in [3.8, 4) is 0 Å². The first-order valence-electron chi connectivity index (χ1n) is 8.92. The minimum absolute atomic E-state index is 0.0240. The number of nitrogens with one attached hydrogen (secondary N) is 1. The lowest BCUT2D eigenvalue weighted by Gasteiger charge is -2.19. The molecule has 0 heterocycles. The molecule has 3 N–H and O–H groups in total. The average molecular weight is 425 g/mol. The Morgan fingerprint density at radius 1 is 1.17 bits per heavy atom. The van der Waals surface area contributed by atoms with Crippen LogP contribution in [0.25, 0.3) is 0 Å². The SMILES string of the molecule is CCC(C)Cc1cc(NC(=O)N(S)c2ccc(C(N)=O)cc2)cc(C(F)(F)F)c1. The molecule has 2 aromatic carbocycles. The molecule has 1 unspecified atom stereocenters. The summed E-state index contributed by atoms with van der Waals surface area (Å²) >= 11 is 4.09. The van der Waals surface area contributed by atoms with E-state index < -0.39 is 23.7 Å². The second-order valence-electron chi connectivity index (χ2n) is 6.79. The molecule has 0 bridgehead atoms. The van der Waals surface area contributed by atoms with E-state index in [2.05, 4.69) is 18.1 Å². The van der Waals surface area contributed by atoms with Gasteiger partial charge in [0.2, 0.25) is 5.91 Å². The predicted molar refractivity (Wildman–Crippen MR) is 110 cm³/mol. The number of amides is 3. The smallest absolute Gasteiger partial charge is 0.366 e. The number of anilines is 2. The zero-order valence-electron chi connectivity index (χ0n) is 16.0. The Kier molecular flexibility index (Phi) is 7.18. The molecule has 2 aromatic rings. The van der Waals surface area contributed by atoms with E-state index in [1.54, 1.807) is 0 Å². The Bertz CT molecular complexity index is 886.